The fourth-order valence-electron chi connectivity index (χ4n) is 2.90. The SMILES string of the molecule is CC1(C)CCC(c2ccccc2CN=C=O)CC1. The van der Waals surface area contributed by atoms with Gasteiger partial charge in [-0.2, -0.15) is 0 Å². The number of hydrogen-bond acceptors (Lipinski definition) is 2. The zero-order chi connectivity index (χ0) is 13.0. The minimum Gasteiger partial charge on any atom is -0.211 e. The van der Waals surface area contributed by atoms with Crippen molar-refractivity contribution in [3.63, 3.8) is 0 Å². The molecule has 1 aromatic rings. The highest BCUT2D eigenvalue weighted by atomic mass is 16.1. The average molecular weight is 243 g/mol. The Morgan fingerprint density at radius 3 is 2.61 bits per heavy atom. The molecule has 2 nitrogen and oxygen atoms in total. The highest BCUT2D eigenvalue weighted by molar-refractivity contribution is 5.36. The summed E-state index contributed by atoms with van der Waals surface area (Å²) in [6.07, 6.45) is 6.69. The summed E-state index contributed by atoms with van der Waals surface area (Å²) in [4.78, 5) is 14.0. The molecule has 1 saturated carbocycles. The van der Waals surface area contributed by atoms with Crippen LogP contribution in [0.3, 0.4) is 0 Å². The van der Waals surface area contributed by atoms with E-state index < -0.39 is 0 Å². The van der Waals surface area contributed by atoms with Crippen LogP contribution in [0.5, 0.6) is 0 Å². The lowest BCUT2D eigenvalue weighted by Gasteiger charge is -2.35. The van der Waals surface area contributed by atoms with E-state index in [4.69, 9.17) is 0 Å². The summed E-state index contributed by atoms with van der Waals surface area (Å²) in [7, 11) is 0. The van der Waals surface area contributed by atoms with Crippen LogP contribution in [0.1, 0.15) is 56.6 Å². The number of nitrogens with zero attached hydrogens (tertiary/aromatic N) is 1. The Bertz CT molecular complexity index is 448. The van der Waals surface area contributed by atoms with Crippen LogP contribution in [-0.2, 0) is 11.3 Å². The van der Waals surface area contributed by atoms with Gasteiger partial charge in [-0.15, -0.1) is 0 Å². The maximum Gasteiger partial charge on any atom is 0.235 e. The quantitative estimate of drug-likeness (QED) is 0.577. The van der Waals surface area contributed by atoms with Crippen molar-refractivity contribution in [2.45, 2.75) is 52.0 Å². The van der Waals surface area contributed by atoms with Gasteiger partial charge in [0, 0.05) is 0 Å². The molecule has 2 rings (SSSR count). The zero-order valence-electron chi connectivity index (χ0n) is 11.3. The molecule has 2 heteroatoms. The molecule has 1 aliphatic rings. The Balaban J connectivity index is 2.15. The maximum absolute atomic E-state index is 10.3. The molecule has 0 bridgehead atoms. The van der Waals surface area contributed by atoms with E-state index in [2.05, 4.69) is 37.0 Å². The van der Waals surface area contributed by atoms with E-state index in [1.54, 1.807) is 6.08 Å². The van der Waals surface area contributed by atoms with Crippen LogP contribution in [0.2, 0.25) is 0 Å². The number of isocyanates is 1. The largest absolute Gasteiger partial charge is 0.235 e. The molecule has 0 spiro atoms. The van der Waals surface area contributed by atoms with E-state index in [1.807, 2.05) is 6.07 Å². The maximum atomic E-state index is 10.3. The Labute approximate surface area is 109 Å². The zero-order valence-corrected chi connectivity index (χ0v) is 11.3. The summed E-state index contributed by atoms with van der Waals surface area (Å²) in [5, 5.41) is 0. The van der Waals surface area contributed by atoms with E-state index in [0.29, 0.717) is 17.9 Å². The Morgan fingerprint density at radius 2 is 1.94 bits per heavy atom. The number of hydrogen-bond donors (Lipinski definition) is 0. The van der Waals surface area contributed by atoms with Gasteiger partial charge in [0.1, 0.15) is 0 Å². The predicted octanol–water partition coefficient (Wildman–Crippen LogP) is 4.21. The molecular weight excluding hydrogens is 222 g/mol. The molecule has 0 atom stereocenters. The fraction of sp³-hybridized carbons (Fsp3) is 0.562. The molecule has 0 heterocycles. The topological polar surface area (TPSA) is 29.4 Å². The minimum absolute atomic E-state index is 0.472. The molecule has 96 valence electrons. The Kier molecular flexibility index (Phi) is 3.98. The first-order valence-corrected chi connectivity index (χ1v) is 6.74. The van der Waals surface area contributed by atoms with Crippen molar-refractivity contribution in [2.75, 3.05) is 0 Å². The molecule has 0 aliphatic heterocycles. The van der Waals surface area contributed by atoms with Crippen molar-refractivity contribution in [2.24, 2.45) is 10.4 Å². The number of benzene rings is 1. The van der Waals surface area contributed by atoms with E-state index in [1.165, 1.54) is 36.8 Å². The molecule has 0 unspecified atom stereocenters. The lowest BCUT2D eigenvalue weighted by atomic mass is 9.70. The highest BCUT2D eigenvalue weighted by Crippen LogP contribution is 2.43. The number of aliphatic imine (C=N–C) groups is 1. The second kappa shape index (κ2) is 5.49. The fourth-order valence-corrected chi connectivity index (χ4v) is 2.90. The van der Waals surface area contributed by atoms with Crippen molar-refractivity contribution in [3.05, 3.63) is 35.4 Å². The van der Waals surface area contributed by atoms with E-state index in [0.717, 1.165) is 0 Å². The van der Waals surface area contributed by atoms with Crippen molar-refractivity contribution in [1.29, 1.82) is 0 Å². The molecule has 0 N–H and O–H groups in total. The third-order valence-corrected chi connectivity index (χ3v) is 4.15. The number of rotatable bonds is 3. The van der Waals surface area contributed by atoms with Gasteiger partial charge in [-0.3, -0.25) is 0 Å². The van der Waals surface area contributed by atoms with Gasteiger partial charge in [-0.05, 0) is 48.1 Å². The Hall–Kier alpha value is -1.40. The van der Waals surface area contributed by atoms with Gasteiger partial charge < -0.3 is 0 Å². The van der Waals surface area contributed by atoms with Crippen LogP contribution < -0.4 is 0 Å². The van der Waals surface area contributed by atoms with Crippen LogP contribution in [-0.4, -0.2) is 6.08 Å². The van der Waals surface area contributed by atoms with Crippen LogP contribution in [0, 0.1) is 5.41 Å². The average Bonchev–Trinajstić information content (AvgIpc) is 2.37. The van der Waals surface area contributed by atoms with Crippen LogP contribution >= 0.6 is 0 Å². The smallest absolute Gasteiger partial charge is 0.211 e. The van der Waals surface area contributed by atoms with Crippen LogP contribution in [0.4, 0.5) is 0 Å². The molecule has 1 aliphatic carbocycles. The van der Waals surface area contributed by atoms with E-state index >= 15 is 0 Å². The summed E-state index contributed by atoms with van der Waals surface area (Å²) < 4.78 is 0. The predicted molar refractivity (Wildman–Crippen MR) is 73.3 cm³/mol. The first-order valence-electron chi connectivity index (χ1n) is 6.74. The molecular formula is C16H21NO. The standard InChI is InChI=1S/C16H21NO/c1-16(2)9-7-13(8-10-16)15-6-4-3-5-14(15)11-17-12-18/h3-6,13H,7-11H2,1-2H3. The highest BCUT2D eigenvalue weighted by Gasteiger charge is 2.28. The van der Waals surface area contributed by atoms with Crippen molar-refractivity contribution >= 4 is 6.08 Å². The van der Waals surface area contributed by atoms with Crippen LogP contribution in [0.25, 0.3) is 0 Å². The van der Waals surface area contributed by atoms with Gasteiger partial charge in [0.2, 0.25) is 6.08 Å². The summed E-state index contributed by atoms with van der Waals surface area (Å²) in [6.45, 7) is 5.18. The summed E-state index contributed by atoms with van der Waals surface area (Å²) in [5.74, 6) is 0.635. The first kappa shape index (κ1) is 13.0. The lowest BCUT2D eigenvalue weighted by Crippen LogP contribution is -2.20. The molecule has 1 aromatic carbocycles. The van der Waals surface area contributed by atoms with Gasteiger partial charge in [0.25, 0.3) is 0 Å². The van der Waals surface area contributed by atoms with Gasteiger partial charge in [-0.1, -0.05) is 38.1 Å². The molecule has 1 fully saturated rings. The van der Waals surface area contributed by atoms with E-state index in [9.17, 15) is 4.79 Å². The van der Waals surface area contributed by atoms with Crippen molar-refractivity contribution in [1.82, 2.24) is 0 Å². The molecule has 0 aromatic heterocycles. The summed E-state index contributed by atoms with van der Waals surface area (Å²) >= 11 is 0. The second-order valence-corrected chi connectivity index (χ2v) is 6.04. The summed E-state index contributed by atoms with van der Waals surface area (Å²) in [5.41, 5.74) is 3.06. The van der Waals surface area contributed by atoms with Gasteiger partial charge in [-0.25, -0.2) is 9.79 Å². The van der Waals surface area contributed by atoms with E-state index in [-0.39, 0.29) is 0 Å². The third-order valence-electron chi connectivity index (χ3n) is 4.15. The monoisotopic (exact) mass is 243 g/mol. The molecule has 18 heavy (non-hydrogen) atoms. The minimum atomic E-state index is 0.472. The molecule has 0 saturated heterocycles. The van der Waals surface area contributed by atoms with Crippen molar-refractivity contribution < 1.29 is 4.79 Å². The van der Waals surface area contributed by atoms with Gasteiger partial charge in [0.05, 0.1) is 6.54 Å². The molecule has 0 amide bonds. The third kappa shape index (κ3) is 3.08. The number of carbonyl (C=O) groups excluding carboxylic acids is 1. The normalized spacial score (nSPS) is 19.2. The second-order valence-electron chi connectivity index (χ2n) is 6.04. The van der Waals surface area contributed by atoms with Crippen LogP contribution in [0.15, 0.2) is 29.3 Å². The Morgan fingerprint density at radius 1 is 1.28 bits per heavy atom. The first-order chi connectivity index (χ1) is 8.62. The van der Waals surface area contributed by atoms with Gasteiger partial charge >= 0.3 is 0 Å². The summed E-state index contributed by atoms with van der Waals surface area (Å²) in [6, 6.07) is 8.38. The lowest BCUT2D eigenvalue weighted by molar-refractivity contribution is 0.224. The van der Waals surface area contributed by atoms with Gasteiger partial charge in [0.15, 0.2) is 0 Å². The van der Waals surface area contributed by atoms with Crippen molar-refractivity contribution in [3.8, 4) is 0 Å². The molecule has 0 radical (unpaired) electrons.